The zero-order chi connectivity index (χ0) is 15.2. The number of hydrogen-bond acceptors (Lipinski definition) is 1. The van der Waals surface area contributed by atoms with Gasteiger partial charge in [0.15, 0.2) is 0 Å². The first-order chi connectivity index (χ1) is 10.9. The smallest absolute Gasteiger partial charge is 0.0836 e. The predicted octanol–water partition coefficient (Wildman–Crippen LogP) is 5.49. The highest BCUT2D eigenvalue weighted by molar-refractivity contribution is 5.21. The molecule has 2 unspecified atom stereocenters. The summed E-state index contributed by atoms with van der Waals surface area (Å²) in [5.74, 6) is 0. The van der Waals surface area contributed by atoms with Gasteiger partial charge in [-0.3, -0.25) is 0 Å². The molecule has 2 aromatic carbocycles. The van der Waals surface area contributed by atoms with E-state index in [1.165, 1.54) is 16.7 Å². The molecule has 0 radical (unpaired) electrons. The van der Waals surface area contributed by atoms with Gasteiger partial charge >= 0.3 is 0 Å². The first-order valence-electron chi connectivity index (χ1n) is 8.26. The molecule has 1 saturated heterocycles. The van der Waals surface area contributed by atoms with E-state index in [0.29, 0.717) is 0 Å². The van der Waals surface area contributed by atoms with Gasteiger partial charge in [-0.2, -0.15) is 0 Å². The molecule has 1 aliphatic rings. The SMILES string of the molecule is C/C=C1\CCC(c2ccccc2)OC1CCc1ccccc1. The minimum Gasteiger partial charge on any atom is -0.366 e. The Morgan fingerprint density at radius 1 is 1.00 bits per heavy atom. The molecule has 0 spiro atoms. The van der Waals surface area contributed by atoms with Crippen LogP contribution in [0.25, 0.3) is 0 Å². The maximum Gasteiger partial charge on any atom is 0.0836 e. The molecule has 0 saturated carbocycles. The highest BCUT2D eigenvalue weighted by Crippen LogP contribution is 2.35. The van der Waals surface area contributed by atoms with Crippen LogP contribution in [0.4, 0.5) is 0 Å². The molecule has 0 aromatic heterocycles. The van der Waals surface area contributed by atoms with Gasteiger partial charge in [-0.05, 0) is 49.3 Å². The van der Waals surface area contributed by atoms with Crippen molar-refractivity contribution in [3.8, 4) is 0 Å². The summed E-state index contributed by atoms with van der Waals surface area (Å²) < 4.78 is 6.43. The largest absolute Gasteiger partial charge is 0.366 e. The zero-order valence-electron chi connectivity index (χ0n) is 13.2. The van der Waals surface area contributed by atoms with E-state index < -0.39 is 0 Å². The van der Waals surface area contributed by atoms with E-state index in [-0.39, 0.29) is 12.2 Å². The predicted molar refractivity (Wildman–Crippen MR) is 91.8 cm³/mol. The van der Waals surface area contributed by atoms with Crippen LogP contribution in [0, 0.1) is 0 Å². The van der Waals surface area contributed by atoms with Crippen LogP contribution < -0.4 is 0 Å². The zero-order valence-corrected chi connectivity index (χ0v) is 13.2. The fourth-order valence-electron chi connectivity index (χ4n) is 3.25. The van der Waals surface area contributed by atoms with E-state index in [9.17, 15) is 0 Å². The molecule has 1 nitrogen and oxygen atoms in total. The molecule has 0 N–H and O–H groups in total. The lowest BCUT2D eigenvalue weighted by Crippen LogP contribution is -2.25. The summed E-state index contributed by atoms with van der Waals surface area (Å²) in [6.45, 7) is 2.14. The molecule has 1 heterocycles. The summed E-state index contributed by atoms with van der Waals surface area (Å²) in [6.07, 6.45) is 7.12. The Bertz CT molecular complexity index is 600. The first-order valence-corrected chi connectivity index (χ1v) is 8.26. The van der Waals surface area contributed by atoms with E-state index in [2.05, 4.69) is 73.7 Å². The summed E-state index contributed by atoms with van der Waals surface area (Å²) in [4.78, 5) is 0. The molecular weight excluding hydrogens is 268 g/mol. The van der Waals surface area contributed by atoms with Gasteiger partial charge in [0.2, 0.25) is 0 Å². The average molecular weight is 292 g/mol. The summed E-state index contributed by atoms with van der Waals surface area (Å²) in [6, 6.07) is 21.3. The van der Waals surface area contributed by atoms with Crippen LogP contribution in [0.3, 0.4) is 0 Å². The van der Waals surface area contributed by atoms with Crippen LogP contribution in [0.2, 0.25) is 0 Å². The van der Waals surface area contributed by atoms with Crippen molar-refractivity contribution in [2.24, 2.45) is 0 Å². The van der Waals surface area contributed by atoms with E-state index in [1.807, 2.05) is 0 Å². The Morgan fingerprint density at radius 3 is 2.36 bits per heavy atom. The molecule has 2 aromatic rings. The maximum absolute atomic E-state index is 6.43. The Morgan fingerprint density at radius 2 is 1.68 bits per heavy atom. The molecule has 0 aliphatic carbocycles. The van der Waals surface area contributed by atoms with Gasteiger partial charge in [0.25, 0.3) is 0 Å². The number of hydrogen-bond donors (Lipinski definition) is 0. The van der Waals surface area contributed by atoms with Gasteiger partial charge in [-0.1, -0.05) is 66.7 Å². The lowest BCUT2D eigenvalue weighted by molar-refractivity contribution is -0.0241. The number of aryl methyl sites for hydroxylation is 1. The topological polar surface area (TPSA) is 9.23 Å². The minimum atomic E-state index is 0.241. The van der Waals surface area contributed by atoms with Crippen molar-refractivity contribution >= 4 is 0 Å². The molecule has 2 atom stereocenters. The van der Waals surface area contributed by atoms with Gasteiger partial charge < -0.3 is 4.74 Å². The van der Waals surface area contributed by atoms with Crippen LogP contribution >= 0.6 is 0 Å². The second-order valence-corrected chi connectivity index (χ2v) is 5.95. The summed E-state index contributed by atoms with van der Waals surface area (Å²) in [5.41, 5.74) is 4.16. The van der Waals surface area contributed by atoms with Gasteiger partial charge in [-0.25, -0.2) is 0 Å². The van der Waals surface area contributed by atoms with Gasteiger partial charge in [0, 0.05) is 0 Å². The van der Waals surface area contributed by atoms with Crippen LogP contribution in [0.15, 0.2) is 72.3 Å². The monoisotopic (exact) mass is 292 g/mol. The van der Waals surface area contributed by atoms with Crippen molar-refractivity contribution in [1.29, 1.82) is 0 Å². The Kier molecular flexibility index (Phi) is 5.07. The highest BCUT2D eigenvalue weighted by Gasteiger charge is 2.26. The quantitative estimate of drug-likeness (QED) is 0.677. The third-order valence-corrected chi connectivity index (χ3v) is 4.52. The van der Waals surface area contributed by atoms with Crippen LogP contribution in [-0.2, 0) is 11.2 Å². The minimum absolute atomic E-state index is 0.241. The number of ether oxygens (including phenoxy) is 1. The second kappa shape index (κ2) is 7.42. The fraction of sp³-hybridized carbons (Fsp3) is 0.333. The average Bonchev–Trinajstić information content (AvgIpc) is 2.61. The molecular formula is C21H24O. The normalized spacial score (nSPS) is 23.6. The van der Waals surface area contributed by atoms with Crippen molar-refractivity contribution < 1.29 is 4.74 Å². The standard InChI is InChI=1S/C21H24O/c1-2-18-14-16-21(19-11-7-4-8-12-19)22-20(18)15-13-17-9-5-3-6-10-17/h2-12,20-21H,13-16H2,1H3/b18-2+. The van der Waals surface area contributed by atoms with Crippen LogP contribution in [0.5, 0.6) is 0 Å². The van der Waals surface area contributed by atoms with Crippen molar-refractivity contribution in [3.05, 3.63) is 83.4 Å². The number of rotatable bonds is 4. The van der Waals surface area contributed by atoms with Crippen LogP contribution in [0.1, 0.15) is 43.4 Å². The Labute approximate surface area is 133 Å². The van der Waals surface area contributed by atoms with Crippen molar-refractivity contribution in [3.63, 3.8) is 0 Å². The fourth-order valence-corrected chi connectivity index (χ4v) is 3.25. The molecule has 0 bridgehead atoms. The Balaban J connectivity index is 1.67. The molecule has 3 rings (SSSR count). The molecule has 1 fully saturated rings. The summed E-state index contributed by atoms with van der Waals surface area (Å²) >= 11 is 0. The van der Waals surface area contributed by atoms with Gasteiger partial charge in [-0.15, -0.1) is 0 Å². The third-order valence-electron chi connectivity index (χ3n) is 4.52. The Hall–Kier alpha value is -1.86. The van der Waals surface area contributed by atoms with E-state index >= 15 is 0 Å². The molecule has 1 heteroatoms. The van der Waals surface area contributed by atoms with Crippen LogP contribution in [-0.4, -0.2) is 6.10 Å². The third kappa shape index (κ3) is 3.66. The maximum atomic E-state index is 6.43. The van der Waals surface area contributed by atoms with Crippen molar-refractivity contribution in [1.82, 2.24) is 0 Å². The van der Waals surface area contributed by atoms with Gasteiger partial charge in [0.05, 0.1) is 12.2 Å². The van der Waals surface area contributed by atoms with E-state index in [1.54, 1.807) is 0 Å². The molecule has 114 valence electrons. The van der Waals surface area contributed by atoms with E-state index in [0.717, 1.165) is 25.7 Å². The molecule has 1 aliphatic heterocycles. The van der Waals surface area contributed by atoms with Crippen molar-refractivity contribution in [2.75, 3.05) is 0 Å². The van der Waals surface area contributed by atoms with Gasteiger partial charge in [0.1, 0.15) is 0 Å². The number of benzene rings is 2. The second-order valence-electron chi connectivity index (χ2n) is 5.95. The number of allylic oxidation sites excluding steroid dienone is 1. The lowest BCUT2D eigenvalue weighted by Gasteiger charge is -2.33. The first kappa shape index (κ1) is 15.1. The lowest BCUT2D eigenvalue weighted by atomic mass is 9.91. The van der Waals surface area contributed by atoms with Crippen molar-refractivity contribution in [2.45, 2.75) is 44.8 Å². The van der Waals surface area contributed by atoms with E-state index in [4.69, 9.17) is 4.74 Å². The highest BCUT2D eigenvalue weighted by atomic mass is 16.5. The summed E-state index contributed by atoms with van der Waals surface area (Å²) in [7, 11) is 0. The molecule has 0 amide bonds. The molecule has 22 heavy (non-hydrogen) atoms. The summed E-state index contributed by atoms with van der Waals surface area (Å²) in [5, 5.41) is 0.